The van der Waals surface area contributed by atoms with Gasteiger partial charge in [-0.05, 0) is 38.8 Å². The molecule has 140 valence electrons. The van der Waals surface area contributed by atoms with Crippen LogP contribution in [0.4, 0.5) is 0 Å². The largest absolute Gasteiger partial charge is 0.342 e. The lowest BCUT2D eigenvalue weighted by atomic mass is 10.1. The van der Waals surface area contributed by atoms with E-state index in [0.717, 1.165) is 41.9 Å². The summed E-state index contributed by atoms with van der Waals surface area (Å²) in [6, 6.07) is 10.5. The summed E-state index contributed by atoms with van der Waals surface area (Å²) in [5, 5.41) is 0. The number of amides is 1. The normalized spacial score (nSPS) is 17.2. The molecule has 1 atom stereocenters. The molecule has 1 fully saturated rings. The van der Waals surface area contributed by atoms with Crippen molar-refractivity contribution in [2.24, 2.45) is 0 Å². The molecule has 1 saturated heterocycles. The first kappa shape index (κ1) is 17.7. The average Bonchev–Trinajstić information content (AvgIpc) is 3.26. The minimum absolute atomic E-state index is 0.206. The van der Waals surface area contributed by atoms with Gasteiger partial charge in [0.05, 0.1) is 23.7 Å². The van der Waals surface area contributed by atoms with Crippen molar-refractivity contribution in [2.75, 3.05) is 13.1 Å². The Morgan fingerprint density at radius 3 is 2.93 bits per heavy atom. The van der Waals surface area contributed by atoms with E-state index in [1.165, 1.54) is 5.56 Å². The summed E-state index contributed by atoms with van der Waals surface area (Å²) >= 11 is 0. The predicted octanol–water partition coefficient (Wildman–Crippen LogP) is 3.88. The summed E-state index contributed by atoms with van der Waals surface area (Å²) in [6.07, 6.45) is 5.11. The van der Waals surface area contributed by atoms with E-state index in [0.29, 0.717) is 12.5 Å². The zero-order chi connectivity index (χ0) is 19.0. The van der Waals surface area contributed by atoms with Gasteiger partial charge < -0.3 is 9.47 Å². The Bertz CT molecular complexity index is 975. The summed E-state index contributed by atoms with van der Waals surface area (Å²) < 4.78 is 2.28. The van der Waals surface area contributed by atoms with Crippen molar-refractivity contribution in [1.82, 2.24) is 19.4 Å². The minimum atomic E-state index is 0.206. The van der Waals surface area contributed by atoms with E-state index < -0.39 is 0 Å². The molecule has 2 aromatic heterocycles. The van der Waals surface area contributed by atoms with Gasteiger partial charge in [-0.2, -0.15) is 0 Å². The van der Waals surface area contributed by atoms with Crippen molar-refractivity contribution in [3.05, 3.63) is 59.7 Å². The monoisotopic (exact) mass is 362 g/mol. The highest BCUT2D eigenvalue weighted by molar-refractivity contribution is 5.79. The SMILES string of the molecule is Cc1cccc(CC(=O)N2CCC(c3nc4ccncc4n3C(C)C)C2)c1. The van der Waals surface area contributed by atoms with Crippen LogP contribution in [0.5, 0.6) is 0 Å². The lowest BCUT2D eigenvalue weighted by Crippen LogP contribution is -2.30. The van der Waals surface area contributed by atoms with Crippen LogP contribution in [-0.2, 0) is 11.2 Å². The Morgan fingerprint density at radius 2 is 2.15 bits per heavy atom. The first-order valence-electron chi connectivity index (χ1n) is 9.68. The van der Waals surface area contributed by atoms with Crippen molar-refractivity contribution in [3.8, 4) is 0 Å². The molecular weight excluding hydrogens is 336 g/mol. The molecule has 0 radical (unpaired) electrons. The van der Waals surface area contributed by atoms with Gasteiger partial charge in [-0.1, -0.05) is 29.8 Å². The molecule has 3 heterocycles. The van der Waals surface area contributed by atoms with Crippen molar-refractivity contribution >= 4 is 16.9 Å². The Morgan fingerprint density at radius 1 is 1.30 bits per heavy atom. The van der Waals surface area contributed by atoms with E-state index >= 15 is 0 Å². The van der Waals surface area contributed by atoms with Crippen LogP contribution in [0.3, 0.4) is 0 Å². The topological polar surface area (TPSA) is 51.0 Å². The fraction of sp³-hybridized carbons (Fsp3) is 0.409. The third kappa shape index (κ3) is 3.46. The number of benzene rings is 1. The summed E-state index contributed by atoms with van der Waals surface area (Å²) in [6.45, 7) is 7.95. The van der Waals surface area contributed by atoms with Crippen molar-refractivity contribution < 1.29 is 4.79 Å². The van der Waals surface area contributed by atoms with Gasteiger partial charge >= 0.3 is 0 Å². The van der Waals surface area contributed by atoms with Crippen LogP contribution in [0.15, 0.2) is 42.7 Å². The summed E-state index contributed by atoms with van der Waals surface area (Å²) in [4.78, 5) is 23.9. The standard InChI is InChI=1S/C22H26N4O/c1-15(2)26-20-13-23-9-7-19(20)24-22(26)18-8-10-25(14-18)21(27)12-17-6-4-5-16(3)11-17/h4-7,9,11,13,15,18H,8,10,12,14H2,1-3H3. The number of nitrogens with zero attached hydrogens (tertiary/aromatic N) is 4. The van der Waals surface area contributed by atoms with E-state index in [4.69, 9.17) is 4.98 Å². The van der Waals surface area contributed by atoms with Crippen LogP contribution in [0.2, 0.25) is 0 Å². The van der Waals surface area contributed by atoms with Crippen LogP contribution >= 0.6 is 0 Å². The van der Waals surface area contributed by atoms with Crippen molar-refractivity contribution in [1.29, 1.82) is 0 Å². The number of aryl methyl sites for hydroxylation is 1. The summed E-state index contributed by atoms with van der Waals surface area (Å²) in [5.74, 6) is 1.57. The van der Waals surface area contributed by atoms with Gasteiger partial charge in [-0.3, -0.25) is 9.78 Å². The second kappa shape index (κ2) is 7.14. The van der Waals surface area contributed by atoms with Crippen LogP contribution in [0.1, 0.15) is 49.2 Å². The molecule has 1 aliphatic heterocycles. The molecule has 0 bridgehead atoms. The molecule has 5 nitrogen and oxygen atoms in total. The first-order valence-corrected chi connectivity index (χ1v) is 9.68. The Labute approximate surface area is 160 Å². The molecule has 3 aromatic rings. The molecule has 1 aromatic carbocycles. The number of rotatable bonds is 4. The third-order valence-electron chi connectivity index (χ3n) is 5.38. The minimum Gasteiger partial charge on any atom is -0.342 e. The molecule has 0 spiro atoms. The maximum absolute atomic E-state index is 12.8. The number of imidazole rings is 1. The number of fused-ring (bicyclic) bond motifs is 1. The van der Waals surface area contributed by atoms with E-state index in [1.54, 1.807) is 6.20 Å². The number of pyridine rings is 1. The number of aromatic nitrogens is 3. The highest BCUT2D eigenvalue weighted by atomic mass is 16.2. The average molecular weight is 362 g/mol. The van der Waals surface area contributed by atoms with Gasteiger partial charge in [-0.15, -0.1) is 0 Å². The van der Waals surface area contributed by atoms with Crippen LogP contribution in [0.25, 0.3) is 11.0 Å². The Hall–Kier alpha value is -2.69. The Kier molecular flexibility index (Phi) is 4.68. The van der Waals surface area contributed by atoms with Crippen LogP contribution < -0.4 is 0 Å². The molecule has 4 rings (SSSR count). The quantitative estimate of drug-likeness (QED) is 0.708. The molecule has 1 amide bonds. The van der Waals surface area contributed by atoms with Crippen LogP contribution in [0, 0.1) is 6.92 Å². The first-order chi connectivity index (χ1) is 13.0. The number of hydrogen-bond donors (Lipinski definition) is 0. The molecule has 1 unspecified atom stereocenters. The molecule has 5 heteroatoms. The maximum atomic E-state index is 12.8. The Balaban J connectivity index is 1.53. The number of likely N-dealkylation sites (tertiary alicyclic amines) is 1. The fourth-order valence-corrected chi connectivity index (χ4v) is 4.10. The van der Waals surface area contributed by atoms with Gasteiger partial charge in [0.2, 0.25) is 5.91 Å². The molecule has 27 heavy (non-hydrogen) atoms. The number of carbonyl (C=O) groups is 1. The van der Waals surface area contributed by atoms with Gasteiger partial charge in [0.15, 0.2) is 0 Å². The predicted molar refractivity (Wildman–Crippen MR) is 107 cm³/mol. The summed E-state index contributed by atoms with van der Waals surface area (Å²) in [7, 11) is 0. The van der Waals surface area contributed by atoms with Crippen LogP contribution in [-0.4, -0.2) is 38.4 Å². The third-order valence-corrected chi connectivity index (χ3v) is 5.38. The second-order valence-corrected chi connectivity index (χ2v) is 7.79. The zero-order valence-electron chi connectivity index (χ0n) is 16.2. The fourth-order valence-electron chi connectivity index (χ4n) is 4.10. The highest BCUT2D eigenvalue weighted by Crippen LogP contribution is 2.31. The molecule has 0 saturated carbocycles. The van der Waals surface area contributed by atoms with Gasteiger partial charge in [-0.25, -0.2) is 4.98 Å². The van der Waals surface area contributed by atoms with E-state index in [1.807, 2.05) is 29.3 Å². The smallest absolute Gasteiger partial charge is 0.227 e. The molecular formula is C22H26N4O. The number of carbonyl (C=O) groups excluding carboxylic acids is 1. The maximum Gasteiger partial charge on any atom is 0.227 e. The zero-order valence-corrected chi connectivity index (χ0v) is 16.2. The van der Waals surface area contributed by atoms with E-state index in [2.05, 4.69) is 42.5 Å². The van der Waals surface area contributed by atoms with Crippen molar-refractivity contribution in [2.45, 2.75) is 45.6 Å². The van der Waals surface area contributed by atoms with Crippen molar-refractivity contribution in [3.63, 3.8) is 0 Å². The molecule has 1 aliphatic rings. The highest BCUT2D eigenvalue weighted by Gasteiger charge is 2.31. The summed E-state index contributed by atoms with van der Waals surface area (Å²) in [5.41, 5.74) is 4.34. The lowest BCUT2D eigenvalue weighted by molar-refractivity contribution is -0.129. The second-order valence-electron chi connectivity index (χ2n) is 7.79. The van der Waals surface area contributed by atoms with Gasteiger partial charge in [0.25, 0.3) is 0 Å². The molecule has 0 aliphatic carbocycles. The van der Waals surface area contributed by atoms with E-state index in [9.17, 15) is 4.79 Å². The van der Waals surface area contributed by atoms with E-state index in [-0.39, 0.29) is 11.8 Å². The van der Waals surface area contributed by atoms with Gasteiger partial charge in [0, 0.05) is 31.2 Å². The van der Waals surface area contributed by atoms with Gasteiger partial charge in [0.1, 0.15) is 5.82 Å². The number of hydrogen-bond acceptors (Lipinski definition) is 3. The lowest BCUT2D eigenvalue weighted by Gasteiger charge is -2.19. The molecule has 0 N–H and O–H groups in total.